The zero-order valence-corrected chi connectivity index (χ0v) is 14.2. The molecule has 1 aromatic heterocycles. The lowest BCUT2D eigenvalue weighted by atomic mass is 10.2. The van der Waals surface area contributed by atoms with Gasteiger partial charge >= 0.3 is 6.03 Å². The molecule has 6 heteroatoms. The lowest BCUT2D eigenvalue weighted by Crippen LogP contribution is -2.56. The van der Waals surface area contributed by atoms with Gasteiger partial charge in [0.1, 0.15) is 0 Å². The molecule has 1 N–H and O–H groups in total. The number of likely N-dealkylation sites (N-methyl/N-ethyl adjacent to an activating group) is 2. The number of urea groups is 1. The third-order valence-corrected chi connectivity index (χ3v) is 5.01. The SMILES string of the molecule is C[C@H]1CN(C)CCN1C(=O)NC[C@H](c1cccs1)N(C)C. The molecular weight excluding hydrogens is 284 g/mol. The number of amides is 2. The molecule has 1 fully saturated rings. The molecule has 21 heavy (non-hydrogen) atoms. The standard InChI is InChI=1S/C15H26N4OS/c1-12-11-18(4)7-8-19(12)15(20)16-10-13(17(2)3)14-6-5-9-21-14/h5-6,9,12-13H,7-8,10-11H2,1-4H3,(H,16,20)/t12-,13+/m0/s1. The van der Waals surface area contributed by atoms with E-state index in [-0.39, 0.29) is 18.1 Å². The fourth-order valence-corrected chi connectivity index (χ4v) is 3.67. The fourth-order valence-electron chi connectivity index (χ4n) is 2.75. The molecule has 1 saturated heterocycles. The van der Waals surface area contributed by atoms with E-state index in [2.05, 4.69) is 60.7 Å². The zero-order chi connectivity index (χ0) is 15.4. The van der Waals surface area contributed by atoms with Gasteiger partial charge in [-0.1, -0.05) is 6.07 Å². The van der Waals surface area contributed by atoms with E-state index in [1.165, 1.54) is 4.88 Å². The van der Waals surface area contributed by atoms with Crippen molar-refractivity contribution < 1.29 is 4.79 Å². The predicted molar refractivity (Wildman–Crippen MR) is 87.8 cm³/mol. The van der Waals surface area contributed by atoms with Crippen molar-refractivity contribution in [2.45, 2.75) is 19.0 Å². The molecule has 2 amide bonds. The van der Waals surface area contributed by atoms with Crippen molar-refractivity contribution in [2.75, 3.05) is 47.3 Å². The highest BCUT2D eigenvalue weighted by molar-refractivity contribution is 7.10. The van der Waals surface area contributed by atoms with Gasteiger partial charge in [0.15, 0.2) is 0 Å². The number of carbonyl (C=O) groups is 1. The Morgan fingerprint density at radius 3 is 2.86 bits per heavy atom. The predicted octanol–water partition coefficient (Wildman–Crippen LogP) is 1.70. The quantitative estimate of drug-likeness (QED) is 0.920. The summed E-state index contributed by atoms with van der Waals surface area (Å²) in [5.74, 6) is 0. The van der Waals surface area contributed by atoms with E-state index in [1.54, 1.807) is 11.3 Å². The Balaban J connectivity index is 1.90. The number of hydrogen-bond donors (Lipinski definition) is 1. The molecule has 0 saturated carbocycles. The van der Waals surface area contributed by atoms with Gasteiger partial charge in [0.05, 0.1) is 6.04 Å². The maximum atomic E-state index is 12.4. The lowest BCUT2D eigenvalue weighted by Gasteiger charge is -2.38. The Morgan fingerprint density at radius 2 is 2.29 bits per heavy atom. The smallest absolute Gasteiger partial charge is 0.317 e. The molecule has 0 unspecified atom stereocenters. The van der Waals surface area contributed by atoms with Crippen LogP contribution in [0.4, 0.5) is 4.79 Å². The summed E-state index contributed by atoms with van der Waals surface area (Å²) < 4.78 is 0. The van der Waals surface area contributed by atoms with E-state index in [1.807, 2.05) is 4.90 Å². The zero-order valence-electron chi connectivity index (χ0n) is 13.4. The molecule has 2 rings (SSSR count). The van der Waals surface area contributed by atoms with Gasteiger partial charge in [0.2, 0.25) is 0 Å². The van der Waals surface area contributed by atoms with Gasteiger partial charge in [-0.15, -0.1) is 11.3 Å². The number of carbonyl (C=O) groups excluding carboxylic acids is 1. The fraction of sp³-hybridized carbons (Fsp3) is 0.667. The molecule has 0 aliphatic carbocycles. The minimum atomic E-state index is 0.0546. The van der Waals surface area contributed by atoms with Crippen LogP contribution in [0.25, 0.3) is 0 Å². The Hall–Kier alpha value is -1.11. The summed E-state index contributed by atoms with van der Waals surface area (Å²) in [6.07, 6.45) is 0. The van der Waals surface area contributed by atoms with Crippen LogP contribution in [0.1, 0.15) is 17.8 Å². The minimum Gasteiger partial charge on any atom is -0.336 e. The van der Waals surface area contributed by atoms with E-state index in [4.69, 9.17) is 0 Å². The third kappa shape index (κ3) is 4.18. The normalized spacial score (nSPS) is 21.6. The van der Waals surface area contributed by atoms with Crippen molar-refractivity contribution in [3.63, 3.8) is 0 Å². The Labute approximate surface area is 131 Å². The highest BCUT2D eigenvalue weighted by Gasteiger charge is 2.26. The van der Waals surface area contributed by atoms with E-state index < -0.39 is 0 Å². The van der Waals surface area contributed by atoms with Gasteiger partial charge in [-0.25, -0.2) is 4.79 Å². The molecule has 0 spiro atoms. The van der Waals surface area contributed by atoms with Crippen molar-refractivity contribution in [3.8, 4) is 0 Å². The van der Waals surface area contributed by atoms with Gasteiger partial charge in [0, 0.05) is 37.1 Å². The van der Waals surface area contributed by atoms with E-state index in [0.29, 0.717) is 6.54 Å². The van der Waals surface area contributed by atoms with Crippen molar-refractivity contribution >= 4 is 17.4 Å². The van der Waals surface area contributed by atoms with E-state index >= 15 is 0 Å². The van der Waals surface area contributed by atoms with Crippen molar-refractivity contribution in [1.82, 2.24) is 20.0 Å². The molecule has 0 radical (unpaired) electrons. The number of nitrogens with one attached hydrogen (secondary N) is 1. The van der Waals surface area contributed by atoms with Gasteiger partial charge in [0.25, 0.3) is 0 Å². The minimum absolute atomic E-state index is 0.0546. The Bertz CT molecular complexity index is 449. The van der Waals surface area contributed by atoms with Crippen LogP contribution in [0, 0.1) is 0 Å². The summed E-state index contributed by atoms with van der Waals surface area (Å²) in [7, 11) is 6.20. The summed E-state index contributed by atoms with van der Waals surface area (Å²) in [6.45, 7) is 5.44. The number of piperazine rings is 1. The monoisotopic (exact) mass is 310 g/mol. The number of hydrogen-bond acceptors (Lipinski definition) is 4. The summed E-state index contributed by atoms with van der Waals surface area (Å²) in [5, 5.41) is 5.18. The highest BCUT2D eigenvalue weighted by atomic mass is 32.1. The number of nitrogens with zero attached hydrogens (tertiary/aromatic N) is 3. The van der Waals surface area contributed by atoms with E-state index in [9.17, 15) is 4.79 Å². The molecule has 0 bridgehead atoms. The molecule has 1 aliphatic heterocycles. The third-order valence-electron chi connectivity index (χ3n) is 4.03. The molecule has 1 aromatic rings. The van der Waals surface area contributed by atoms with Crippen LogP contribution in [0.3, 0.4) is 0 Å². The molecule has 0 aromatic carbocycles. The number of rotatable bonds is 4. The van der Waals surface area contributed by atoms with E-state index in [0.717, 1.165) is 19.6 Å². The molecular formula is C15H26N4OS. The lowest BCUT2D eigenvalue weighted by molar-refractivity contribution is 0.115. The van der Waals surface area contributed by atoms with Crippen molar-refractivity contribution in [1.29, 1.82) is 0 Å². The molecule has 5 nitrogen and oxygen atoms in total. The summed E-state index contributed by atoms with van der Waals surface area (Å²) in [5.41, 5.74) is 0. The maximum Gasteiger partial charge on any atom is 0.317 e. The van der Waals surface area contributed by atoms with Crippen LogP contribution >= 0.6 is 11.3 Å². The van der Waals surface area contributed by atoms with Crippen LogP contribution in [-0.2, 0) is 0 Å². The Kier molecular flexibility index (Phi) is 5.61. The van der Waals surface area contributed by atoms with Gasteiger partial charge in [-0.3, -0.25) is 0 Å². The second-order valence-corrected chi connectivity index (χ2v) is 6.96. The molecule has 118 valence electrons. The van der Waals surface area contributed by atoms with Gasteiger partial charge in [-0.2, -0.15) is 0 Å². The van der Waals surface area contributed by atoms with Crippen LogP contribution in [-0.4, -0.2) is 74.1 Å². The first-order valence-electron chi connectivity index (χ1n) is 7.42. The molecule has 2 atom stereocenters. The Morgan fingerprint density at radius 1 is 1.52 bits per heavy atom. The molecule has 2 heterocycles. The van der Waals surface area contributed by atoms with Crippen molar-refractivity contribution in [3.05, 3.63) is 22.4 Å². The highest BCUT2D eigenvalue weighted by Crippen LogP contribution is 2.22. The number of thiophene rings is 1. The topological polar surface area (TPSA) is 38.8 Å². The average molecular weight is 310 g/mol. The average Bonchev–Trinajstić information content (AvgIpc) is 2.92. The summed E-state index contributed by atoms with van der Waals surface area (Å²) in [4.78, 5) is 20.0. The first-order valence-corrected chi connectivity index (χ1v) is 8.30. The van der Waals surface area contributed by atoms with Crippen LogP contribution < -0.4 is 5.32 Å². The first kappa shape index (κ1) is 16.3. The second-order valence-electron chi connectivity index (χ2n) is 5.99. The summed E-state index contributed by atoms with van der Waals surface area (Å²) >= 11 is 1.73. The van der Waals surface area contributed by atoms with Gasteiger partial charge in [-0.05, 0) is 39.5 Å². The molecule has 1 aliphatic rings. The second kappa shape index (κ2) is 7.24. The van der Waals surface area contributed by atoms with Crippen LogP contribution in [0.2, 0.25) is 0 Å². The summed E-state index contributed by atoms with van der Waals surface area (Å²) in [6, 6.07) is 4.74. The maximum absolute atomic E-state index is 12.4. The van der Waals surface area contributed by atoms with Crippen molar-refractivity contribution in [2.24, 2.45) is 0 Å². The van der Waals surface area contributed by atoms with Gasteiger partial charge < -0.3 is 20.0 Å². The van der Waals surface area contributed by atoms with Crippen LogP contribution in [0.15, 0.2) is 17.5 Å². The van der Waals surface area contributed by atoms with Crippen LogP contribution in [0.5, 0.6) is 0 Å². The largest absolute Gasteiger partial charge is 0.336 e. The first-order chi connectivity index (χ1) is 9.99.